The Kier molecular flexibility index (Phi) is 8.03. The minimum absolute atomic E-state index is 0.0429. The second-order valence-electron chi connectivity index (χ2n) is 6.99. The number of benzene rings is 2. The maximum absolute atomic E-state index is 12.5. The van der Waals surface area contributed by atoms with Crippen molar-refractivity contribution in [2.45, 2.75) is 32.4 Å². The van der Waals surface area contributed by atoms with Gasteiger partial charge in [-0.1, -0.05) is 54.9 Å². The van der Waals surface area contributed by atoms with Gasteiger partial charge in [-0.25, -0.2) is 0 Å². The minimum Gasteiger partial charge on any atom is -0.352 e. The van der Waals surface area contributed by atoms with Gasteiger partial charge in [0.15, 0.2) is 0 Å². The number of carbonyl (C=O) groups excluding carboxylic acids is 2. The predicted octanol–water partition coefficient (Wildman–Crippen LogP) is 3.44. The lowest BCUT2D eigenvalue weighted by molar-refractivity contribution is -0.122. The molecule has 0 aliphatic rings. The SMILES string of the molecule is CCc1ccc(C(CNC(=O)C(C)NC(=O)c2ccccc2Cl)N(C)C)cc1. The molecule has 2 aromatic rings. The monoisotopic (exact) mass is 401 g/mol. The summed E-state index contributed by atoms with van der Waals surface area (Å²) in [6.07, 6.45) is 0.992. The van der Waals surface area contributed by atoms with Gasteiger partial charge in [-0.15, -0.1) is 0 Å². The number of halogens is 1. The smallest absolute Gasteiger partial charge is 0.253 e. The quantitative estimate of drug-likeness (QED) is 0.712. The summed E-state index contributed by atoms with van der Waals surface area (Å²) in [5, 5.41) is 5.99. The second kappa shape index (κ2) is 10.2. The molecule has 2 unspecified atom stereocenters. The average Bonchev–Trinajstić information content (AvgIpc) is 2.68. The molecule has 5 nitrogen and oxygen atoms in total. The molecule has 150 valence electrons. The van der Waals surface area contributed by atoms with Gasteiger partial charge in [0.25, 0.3) is 5.91 Å². The zero-order valence-corrected chi connectivity index (χ0v) is 17.6. The Labute approximate surface area is 172 Å². The van der Waals surface area contributed by atoms with Crippen molar-refractivity contribution in [1.82, 2.24) is 15.5 Å². The Bertz CT molecular complexity index is 806. The molecule has 0 saturated carbocycles. The lowest BCUT2D eigenvalue weighted by Gasteiger charge is -2.26. The summed E-state index contributed by atoms with van der Waals surface area (Å²) in [4.78, 5) is 26.9. The molecule has 0 bridgehead atoms. The molecule has 6 heteroatoms. The number of carbonyl (C=O) groups is 2. The van der Waals surface area contributed by atoms with Gasteiger partial charge in [0.1, 0.15) is 6.04 Å². The molecule has 2 atom stereocenters. The molecule has 2 N–H and O–H groups in total. The van der Waals surface area contributed by atoms with E-state index < -0.39 is 6.04 Å². The third kappa shape index (κ3) is 5.81. The van der Waals surface area contributed by atoms with Crippen molar-refractivity contribution in [3.8, 4) is 0 Å². The van der Waals surface area contributed by atoms with Crippen LogP contribution in [0.2, 0.25) is 5.02 Å². The Morgan fingerprint density at radius 1 is 1.07 bits per heavy atom. The van der Waals surface area contributed by atoms with Crippen molar-refractivity contribution < 1.29 is 9.59 Å². The zero-order valence-electron chi connectivity index (χ0n) is 16.8. The van der Waals surface area contributed by atoms with Crippen LogP contribution in [0, 0.1) is 0 Å². The molecule has 0 aromatic heterocycles. The van der Waals surface area contributed by atoms with Gasteiger partial charge >= 0.3 is 0 Å². The Hall–Kier alpha value is -2.37. The first-order chi connectivity index (χ1) is 13.3. The van der Waals surface area contributed by atoms with Crippen LogP contribution >= 0.6 is 11.6 Å². The van der Waals surface area contributed by atoms with Gasteiger partial charge in [-0.05, 0) is 50.7 Å². The largest absolute Gasteiger partial charge is 0.352 e. The first-order valence-electron chi connectivity index (χ1n) is 9.41. The fourth-order valence-corrected chi connectivity index (χ4v) is 3.13. The third-order valence-electron chi connectivity index (χ3n) is 4.73. The number of likely N-dealkylation sites (N-methyl/N-ethyl adjacent to an activating group) is 1. The maximum atomic E-state index is 12.5. The fourth-order valence-electron chi connectivity index (χ4n) is 2.91. The molecule has 2 amide bonds. The van der Waals surface area contributed by atoms with Crippen molar-refractivity contribution >= 4 is 23.4 Å². The van der Waals surface area contributed by atoms with E-state index >= 15 is 0 Å². The van der Waals surface area contributed by atoms with E-state index in [-0.39, 0.29) is 17.9 Å². The van der Waals surface area contributed by atoms with E-state index in [2.05, 4.69) is 46.7 Å². The molecule has 0 heterocycles. The lowest BCUT2D eigenvalue weighted by atomic mass is 10.0. The zero-order chi connectivity index (χ0) is 20.7. The van der Waals surface area contributed by atoms with Gasteiger partial charge in [0, 0.05) is 6.54 Å². The minimum atomic E-state index is -0.672. The van der Waals surface area contributed by atoms with E-state index in [1.165, 1.54) is 5.56 Å². The van der Waals surface area contributed by atoms with Gasteiger partial charge in [0.2, 0.25) is 5.91 Å². The molecule has 0 saturated heterocycles. The van der Waals surface area contributed by atoms with E-state index in [1.54, 1.807) is 31.2 Å². The number of nitrogens with zero attached hydrogens (tertiary/aromatic N) is 1. The summed E-state index contributed by atoms with van der Waals surface area (Å²) in [7, 11) is 3.96. The fraction of sp³-hybridized carbons (Fsp3) is 0.364. The highest BCUT2D eigenvalue weighted by molar-refractivity contribution is 6.33. The number of hydrogen-bond acceptors (Lipinski definition) is 3. The van der Waals surface area contributed by atoms with Crippen LogP contribution in [0.1, 0.15) is 41.4 Å². The van der Waals surface area contributed by atoms with Gasteiger partial charge in [-0.2, -0.15) is 0 Å². The van der Waals surface area contributed by atoms with Crippen molar-refractivity contribution in [3.05, 3.63) is 70.2 Å². The van der Waals surface area contributed by atoms with Crippen LogP contribution in [-0.2, 0) is 11.2 Å². The molecular formula is C22H28ClN3O2. The molecule has 0 fully saturated rings. The summed E-state index contributed by atoms with van der Waals surface area (Å²) in [6.45, 7) is 4.23. The van der Waals surface area contributed by atoms with Gasteiger partial charge in [-0.3, -0.25) is 9.59 Å². The van der Waals surface area contributed by atoms with Crippen molar-refractivity contribution in [2.24, 2.45) is 0 Å². The van der Waals surface area contributed by atoms with Crippen molar-refractivity contribution in [1.29, 1.82) is 0 Å². The number of hydrogen-bond donors (Lipinski definition) is 2. The molecule has 0 aliphatic carbocycles. The Morgan fingerprint density at radius 2 is 1.71 bits per heavy atom. The van der Waals surface area contributed by atoms with Crippen molar-refractivity contribution in [2.75, 3.05) is 20.6 Å². The number of amides is 2. The number of nitrogens with one attached hydrogen (secondary N) is 2. The summed E-state index contributed by atoms with van der Waals surface area (Å²) >= 11 is 6.04. The second-order valence-corrected chi connectivity index (χ2v) is 7.40. The van der Waals surface area contributed by atoms with Crippen LogP contribution in [0.5, 0.6) is 0 Å². The summed E-state index contributed by atoms with van der Waals surface area (Å²) < 4.78 is 0. The van der Waals surface area contributed by atoms with E-state index in [4.69, 9.17) is 11.6 Å². The molecule has 2 aromatic carbocycles. The normalized spacial score (nSPS) is 13.1. The van der Waals surface area contributed by atoms with E-state index in [1.807, 2.05) is 14.1 Å². The molecular weight excluding hydrogens is 374 g/mol. The van der Waals surface area contributed by atoms with E-state index in [0.29, 0.717) is 17.1 Å². The molecule has 0 spiro atoms. The van der Waals surface area contributed by atoms with Crippen LogP contribution in [0.25, 0.3) is 0 Å². The van der Waals surface area contributed by atoms with Gasteiger partial charge in [0.05, 0.1) is 16.6 Å². The summed E-state index contributed by atoms with van der Waals surface area (Å²) in [5.74, 6) is -0.606. The molecule has 2 rings (SSSR count). The van der Waals surface area contributed by atoms with E-state index in [9.17, 15) is 9.59 Å². The van der Waals surface area contributed by atoms with Crippen LogP contribution in [0.4, 0.5) is 0 Å². The van der Waals surface area contributed by atoms with Crippen LogP contribution in [-0.4, -0.2) is 43.4 Å². The van der Waals surface area contributed by atoms with Crippen molar-refractivity contribution in [3.63, 3.8) is 0 Å². The average molecular weight is 402 g/mol. The lowest BCUT2D eigenvalue weighted by Crippen LogP contribution is -2.46. The van der Waals surface area contributed by atoms with E-state index in [0.717, 1.165) is 12.0 Å². The molecule has 0 aliphatic heterocycles. The summed E-state index contributed by atoms with van der Waals surface area (Å²) in [6, 6.07) is 14.5. The topological polar surface area (TPSA) is 61.4 Å². The van der Waals surface area contributed by atoms with Gasteiger partial charge < -0.3 is 15.5 Å². The first kappa shape index (κ1) is 21.9. The Balaban J connectivity index is 1.96. The molecule has 28 heavy (non-hydrogen) atoms. The number of aryl methyl sites for hydroxylation is 1. The third-order valence-corrected chi connectivity index (χ3v) is 5.05. The predicted molar refractivity (Wildman–Crippen MR) is 114 cm³/mol. The maximum Gasteiger partial charge on any atom is 0.253 e. The summed E-state index contributed by atoms with van der Waals surface area (Å²) in [5.41, 5.74) is 2.77. The van der Waals surface area contributed by atoms with Crippen LogP contribution in [0.3, 0.4) is 0 Å². The highest BCUT2D eigenvalue weighted by Crippen LogP contribution is 2.18. The van der Waals surface area contributed by atoms with Crippen LogP contribution in [0.15, 0.2) is 48.5 Å². The molecule has 0 radical (unpaired) electrons. The Morgan fingerprint density at radius 3 is 2.29 bits per heavy atom. The highest BCUT2D eigenvalue weighted by atomic mass is 35.5. The van der Waals surface area contributed by atoms with Crippen LogP contribution < -0.4 is 10.6 Å². The standard InChI is InChI=1S/C22H28ClN3O2/c1-5-16-10-12-17(13-11-16)20(26(3)4)14-24-21(27)15(2)25-22(28)18-8-6-7-9-19(18)23/h6-13,15,20H,5,14H2,1-4H3,(H,24,27)(H,25,28). The number of rotatable bonds is 8. The first-order valence-corrected chi connectivity index (χ1v) is 9.79. The highest BCUT2D eigenvalue weighted by Gasteiger charge is 2.20.